The van der Waals surface area contributed by atoms with Crippen LogP contribution in [0.25, 0.3) is 11.1 Å². The summed E-state index contributed by atoms with van der Waals surface area (Å²) in [6.45, 7) is 2.88. The second-order valence-electron chi connectivity index (χ2n) is 6.58. The van der Waals surface area contributed by atoms with Gasteiger partial charge < -0.3 is 15.4 Å². The molecular weight excluding hydrogens is 368 g/mol. The first-order chi connectivity index (χ1) is 14.0. The number of urea groups is 1. The van der Waals surface area contributed by atoms with Crippen LogP contribution in [0.1, 0.15) is 18.9 Å². The average molecular weight is 392 g/mol. The molecule has 2 aromatic rings. The van der Waals surface area contributed by atoms with Gasteiger partial charge in [0.25, 0.3) is 0 Å². The lowest BCUT2D eigenvalue weighted by atomic mass is 10.0. The van der Waals surface area contributed by atoms with Crippen LogP contribution < -0.4 is 10.6 Å². The molecule has 1 heterocycles. The van der Waals surface area contributed by atoms with E-state index in [1.54, 1.807) is 22.9 Å². The lowest BCUT2D eigenvalue weighted by Gasteiger charge is -2.31. The summed E-state index contributed by atoms with van der Waals surface area (Å²) in [6.07, 6.45) is 3.82. The number of amides is 2. The quantitative estimate of drug-likeness (QED) is 0.429. The number of anilines is 1. The Kier molecular flexibility index (Phi) is 6.29. The highest BCUT2D eigenvalue weighted by Crippen LogP contribution is 2.25. The molecule has 29 heavy (non-hydrogen) atoms. The number of ether oxygens (including phenoxy) is 1. The van der Waals surface area contributed by atoms with E-state index in [2.05, 4.69) is 0 Å². The molecule has 0 radical (unpaired) electrons. The van der Waals surface area contributed by atoms with Gasteiger partial charge in [0.05, 0.1) is 18.7 Å². The zero-order valence-electron chi connectivity index (χ0n) is 16.3. The summed E-state index contributed by atoms with van der Waals surface area (Å²) in [5, 5.41) is 7.47. The predicted molar refractivity (Wildman–Crippen MR) is 113 cm³/mol. The maximum Gasteiger partial charge on any atom is 0.328 e. The number of hydrogen-bond acceptors (Lipinski definition) is 4. The molecule has 0 fully saturated rings. The van der Waals surface area contributed by atoms with Crippen LogP contribution in [0, 0.1) is 5.41 Å². The van der Waals surface area contributed by atoms with Crippen molar-refractivity contribution >= 4 is 23.5 Å². The lowest BCUT2D eigenvalue weighted by Crippen LogP contribution is -2.44. The summed E-state index contributed by atoms with van der Waals surface area (Å²) < 4.78 is 4.93. The molecule has 0 bridgehead atoms. The maximum atomic E-state index is 12.8. The van der Waals surface area contributed by atoms with Crippen molar-refractivity contribution in [1.29, 1.82) is 5.41 Å². The third-order valence-corrected chi connectivity index (χ3v) is 4.62. The third-order valence-electron chi connectivity index (χ3n) is 4.62. The van der Waals surface area contributed by atoms with Crippen molar-refractivity contribution in [2.24, 2.45) is 5.73 Å². The van der Waals surface area contributed by atoms with Crippen molar-refractivity contribution in [3.8, 4) is 11.1 Å². The molecule has 0 atom stereocenters. The first-order valence-electron chi connectivity index (χ1n) is 9.45. The maximum absolute atomic E-state index is 12.8. The van der Waals surface area contributed by atoms with Crippen LogP contribution >= 0.6 is 0 Å². The fraction of sp³-hybridized carbons (Fsp3) is 0.227. The molecule has 0 unspecified atom stereocenters. The zero-order chi connectivity index (χ0) is 20.8. The molecule has 0 aliphatic carbocycles. The van der Waals surface area contributed by atoms with Gasteiger partial charge in [0.1, 0.15) is 5.84 Å². The normalized spacial score (nSPS) is 13.5. The van der Waals surface area contributed by atoms with Gasteiger partial charge in [0.15, 0.2) is 0 Å². The van der Waals surface area contributed by atoms with Gasteiger partial charge in [-0.05, 0) is 36.3 Å². The van der Waals surface area contributed by atoms with E-state index in [1.807, 2.05) is 54.6 Å². The smallest absolute Gasteiger partial charge is 0.328 e. The van der Waals surface area contributed by atoms with Crippen molar-refractivity contribution in [2.45, 2.75) is 13.3 Å². The van der Waals surface area contributed by atoms with Crippen molar-refractivity contribution in [3.05, 3.63) is 66.4 Å². The largest absolute Gasteiger partial charge is 0.466 e. The van der Waals surface area contributed by atoms with E-state index < -0.39 is 0 Å². The van der Waals surface area contributed by atoms with Gasteiger partial charge in [-0.1, -0.05) is 36.4 Å². The van der Waals surface area contributed by atoms with Gasteiger partial charge in [0.2, 0.25) is 0 Å². The number of carbonyl (C=O) groups is 2. The molecule has 2 aromatic carbocycles. The highest BCUT2D eigenvalue weighted by atomic mass is 16.5. The van der Waals surface area contributed by atoms with Gasteiger partial charge in [-0.2, -0.15) is 0 Å². The minimum atomic E-state index is -0.304. The van der Waals surface area contributed by atoms with E-state index in [0.717, 1.165) is 16.8 Å². The first-order valence-corrected chi connectivity index (χ1v) is 9.45. The number of amidine groups is 1. The van der Waals surface area contributed by atoms with Crippen LogP contribution in [0.15, 0.2) is 60.8 Å². The average Bonchev–Trinajstić information content (AvgIpc) is 2.73. The van der Waals surface area contributed by atoms with Crippen LogP contribution in [0.3, 0.4) is 0 Å². The highest BCUT2D eigenvalue weighted by molar-refractivity contribution is 5.96. The molecule has 2 amide bonds. The third kappa shape index (κ3) is 4.82. The molecule has 7 heteroatoms. The number of benzene rings is 2. The predicted octanol–water partition coefficient (Wildman–Crippen LogP) is 3.35. The summed E-state index contributed by atoms with van der Waals surface area (Å²) in [4.78, 5) is 27.5. The lowest BCUT2D eigenvalue weighted by molar-refractivity contribution is -0.143. The number of esters is 1. The highest BCUT2D eigenvalue weighted by Gasteiger charge is 2.24. The van der Waals surface area contributed by atoms with Gasteiger partial charge >= 0.3 is 12.0 Å². The Morgan fingerprint density at radius 3 is 2.31 bits per heavy atom. The van der Waals surface area contributed by atoms with Gasteiger partial charge in [-0.3, -0.25) is 15.1 Å². The second kappa shape index (κ2) is 9.05. The molecular formula is C22H24N4O3. The molecule has 150 valence electrons. The van der Waals surface area contributed by atoms with E-state index in [9.17, 15) is 9.59 Å². The number of carbonyl (C=O) groups excluding carboxylic acids is 2. The van der Waals surface area contributed by atoms with E-state index in [1.165, 1.54) is 0 Å². The van der Waals surface area contributed by atoms with Crippen molar-refractivity contribution in [2.75, 3.05) is 24.6 Å². The van der Waals surface area contributed by atoms with E-state index in [4.69, 9.17) is 15.9 Å². The molecule has 3 N–H and O–H groups in total. The summed E-state index contributed by atoms with van der Waals surface area (Å²) in [7, 11) is 0. The fourth-order valence-electron chi connectivity index (χ4n) is 3.07. The summed E-state index contributed by atoms with van der Waals surface area (Å²) in [6, 6.07) is 14.9. The Hall–Kier alpha value is -3.61. The Morgan fingerprint density at radius 1 is 1.10 bits per heavy atom. The first kappa shape index (κ1) is 20.1. The van der Waals surface area contributed by atoms with Gasteiger partial charge in [0, 0.05) is 24.9 Å². The van der Waals surface area contributed by atoms with Crippen LogP contribution in [0.5, 0.6) is 0 Å². The Morgan fingerprint density at radius 2 is 1.72 bits per heavy atom. The van der Waals surface area contributed by atoms with Gasteiger partial charge in [-0.25, -0.2) is 4.79 Å². The number of nitrogens with two attached hydrogens (primary N) is 1. The Bertz CT molecular complexity index is 920. The number of hydrogen-bond donors (Lipinski definition) is 2. The standard InChI is InChI=1S/C22H24N4O3/c1-2-29-20(27)12-15-25-13-3-14-26(22(25)28)19-10-8-17(9-11-19)16-4-6-18(7-5-16)21(23)24/h3-11,14H,2,12-13,15H2,1H3,(H3,23,24). The Balaban J connectivity index is 1.69. The van der Waals surface area contributed by atoms with E-state index in [-0.39, 0.29) is 24.3 Å². The Labute approximate surface area is 169 Å². The van der Waals surface area contributed by atoms with Crippen molar-refractivity contribution in [1.82, 2.24) is 4.90 Å². The number of rotatable bonds is 7. The SMILES string of the molecule is CCOC(=O)CCN1CC=CN(c2ccc(-c3ccc(C(=N)N)cc3)cc2)C1=O. The molecule has 0 saturated carbocycles. The summed E-state index contributed by atoms with van der Waals surface area (Å²) in [5.74, 6) is -0.267. The zero-order valence-corrected chi connectivity index (χ0v) is 16.3. The minimum absolute atomic E-state index is 0.0369. The van der Waals surface area contributed by atoms with E-state index in [0.29, 0.717) is 25.3 Å². The van der Waals surface area contributed by atoms with Crippen LogP contribution in [0.4, 0.5) is 10.5 Å². The number of nitrogen functional groups attached to an aromatic ring is 1. The molecule has 7 nitrogen and oxygen atoms in total. The molecule has 1 aliphatic heterocycles. The molecule has 0 aromatic heterocycles. The number of nitrogens with one attached hydrogen (secondary N) is 1. The van der Waals surface area contributed by atoms with Gasteiger partial charge in [-0.15, -0.1) is 0 Å². The summed E-state index contributed by atoms with van der Waals surface area (Å²) >= 11 is 0. The van der Waals surface area contributed by atoms with Crippen molar-refractivity contribution < 1.29 is 14.3 Å². The fourth-order valence-corrected chi connectivity index (χ4v) is 3.07. The van der Waals surface area contributed by atoms with Crippen LogP contribution in [-0.2, 0) is 9.53 Å². The molecule has 0 saturated heterocycles. The molecule has 0 spiro atoms. The molecule has 1 aliphatic rings. The number of nitrogens with zero attached hydrogens (tertiary/aromatic N) is 2. The van der Waals surface area contributed by atoms with E-state index >= 15 is 0 Å². The minimum Gasteiger partial charge on any atom is -0.466 e. The summed E-state index contributed by atoms with van der Waals surface area (Å²) in [5.41, 5.74) is 8.91. The van der Waals surface area contributed by atoms with Crippen LogP contribution in [0.2, 0.25) is 0 Å². The molecule has 3 rings (SSSR count). The monoisotopic (exact) mass is 392 g/mol. The van der Waals surface area contributed by atoms with Crippen LogP contribution in [-0.4, -0.2) is 42.4 Å². The topological polar surface area (TPSA) is 99.7 Å². The second-order valence-corrected chi connectivity index (χ2v) is 6.58. The van der Waals surface area contributed by atoms with Crippen molar-refractivity contribution in [3.63, 3.8) is 0 Å².